The van der Waals surface area contributed by atoms with E-state index in [0.717, 1.165) is 12.4 Å². The normalized spacial score (nSPS) is 11.7. The third-order valence-corrected chi connectivity index (χ3v) is 2.92. The Kier molecular flexibility index (Phi) is 3.15. The number of hydrogen-bond donors (Lipinski definition) is 1. The number of H-pyrrole nitrogens is 1. The van der Waals surface area contributed by atoms with Gasteiger partial charge in [-0.05, 0) is 17.8 Å². The first-order chi connectivity index (χ1) is 7.98. The number of nitrogens with one attached hydrogen (secondary N) is 1. The van der Waals surface area contributed by atoms with Crippen LogP contribution in [0, 0.1) is 4.77 Å². The highest BCUT2D eigenvalue weighted by Gasteiger charge is 2.21. The first-order valence-corrected chi connectivity index (χ1v) is 6.09. The Hall–Kier alpha value is -1.42. The lowest BCUT2D eigenvalue weighted by Crippen LogP contribution is -2.19. The largest absolute Gasteiger partial charge is 0.299 e. The van der Waals surface area contributed by atoms with Crippen LogP contribution in [-0.4, -0.2) is 14.8 Å². The Labute approximate surface area is 106 Å². The topological polar surface area (TPSA) is 33.6 Å². The lowest BCUT2D eigenvalue weighted by atomic mass is 9.95. The minimum Gasteiger partial charge on any atom is -0.299 e. The fourth-order valence-corrected chi connectivity index (χ4v) is 2.00. The number of hydrogen-bond acceptors (Lipinski definition) is 2. The molecule has 2 aromatic rings. The Bertz CT molecular complexity index is 546. The molecule has 0 aliphatic heterocycles. The first-order valence-electron chi connectivity index (χ1n) is 5.68. The van der Waals surface area contributed by atoms with E-state index in [1.165, 1.54) is 5.56 Å². The average Bonchev–Trinajstić information content (AvgIpc) is 2.62. The van der Waals surface area contributed by atoms with Gasteiger partial charge >= 0.3 is 0 Å². The van der Waals surface area contributed by atoms with E-state index in [9.17, 15) is 0 Å². The Morgan fingerprint density at radius 1 is 1.24 bits per heavy atom. The molecule has 0 atom stereocenters. The second-order valence-corrected chi connectivity index (χ2v) is 5.56. The van der Waals surface area contributed by atoms with Crippen molar-refractivity contribution >= 4 is 12.2 Å². The van der Waals surface area contributed by atoms with Gasteiger partial charge in [0.05, 0.1) is 6.54 Å². The lowest BCUT2D eigenvalue weighted by molar-refractivity contribution is 0.508. The van der Waals surface area contributed by atoms with E-state index in [1.54, 1.807) is 0 Å². The molecule has 0 fully saturated rings. The van der Waals surface area contributed by atoms with Gasteiger partial charge in [-0.1, -0.05) is 51.1 Å². The molecular formula is C13H17N3S. The fourth-order valence-electron chi connectivity index (χ4n) is 1.80. The predicted molar refractivity (Wildman–Crippen MR) is 71.7 cm³/mol. The van der Waals surface area contributed by atoms with Gasteiger partial charge in [0.25, 0.3) is 0 Å². The highest BCUT2D eigenvalue weighted by Crippen LogP contribution is 2.20. The van der Waals surface area contributed by atoms with Crippen molar-refractivity contribution in [3.63, 3.8) is 0 Å². The van der Waals surface area contributed by atoms with E-state index in [1.807, 2.05) is 18.2 Å². The van der Waals surface area contributed by atoms with Crippen LogP contribution in [0.3, 0.4) is 0 Å². The minimum atomic E-state index is -0.0116. The Balaban J connectivity index is 2.40. The summed E-state index contributed by atoms with van der Waals surface area (Å²) in [6, 6.07) is 10.3. The molecule has 0 amide bonds. The number of rotatable bonds is 2. The molecule has 0 bridgehead atoms. The molecule has 17 heavy (non-hydrogen) atoms. The van der Waals surface area contributed by atoms with Crippen LogP contribution in [0.15, 0.2) is 30.3 Å². The summed E-state index contributed by atoms with van der Waals surface area (Å²) >= 11 is 5.29. The second kappa shape index (κ2) is 4.45. The first kappa shape index (κ1) is 12.0. The van der Waals surface area contributed by atoms with Crippen LogP contribution in [0.1, 0.15) is 32.2 Å². The van der Waals surface area contributed by atoms with E-state index in [-0.39, 0.29) is 5.41 Å². The van der Waals surface area contributed by atoms with E-state index in [0.29, 0.717) is 4.77 Å². The summed E-state index contributed by atoms with van der Waals surface area (Å²) in [6.45, 7) is 7.18. The summed E-state index contributed by atoms with van der Waals surface area (Å²) in [5.74, 6) is 0.992. The lowest BCUT2D eigenvalue weighted by Gasteiger charge is -2.18. The number of aromatic amines is 1. The third-order valence-electron chi connectivity index (χ3n) is 2.61. The molecule has 1 aromatic heterocycles. The van der Waals surface area contributed by atoms with Crippen LogP contribution in [0.5, 0.6) is 0 Å². The molecule has 1 aromatic carbocycles. The molecule has 90 valence electrons. The molecule has 1 heterocycles. The van der Waals surface area contributed by atoms with Crippen molar-refractivity contribution in [2.24, 2.45) is 0 Å². The van der Waals surface area contributed by atoms with E-state index in [4.69, 9.17) is 12.2 Å². The fraction of sp³-hybridized carbons (Fsp3) is 0.385. The van der Waals surface area contributed by atoms with Crippen molar-refractivity contribution in [2.75, 3.05) is 0 Å². The molecule has 2 rings (SSSR count). The summed E-state index contributed by atoms with van der Waals surface area (Å²) in [6.07, 6.45) is 0. The van der Waals surface area contributed by atoms with Crippen LogP contribution in [0.4, 0.5) is 0 Å². The minimum absolute atomic E-state index is 0.0116. The van der Waals surface area contributed by atoms with E-state index in [2.05, 4.69) is 47.7 Å². The number of nitrogens with zero attached hydrogens (tertiary/aromatic N) is 2. The SMILES string of the molecule is CC(C)(C)c1n[nH]c(=S)n1Cc1ccccc1. The monoisotopic (exact) mass is 247 g/mol. The summed E-state index contributed by atoms with van der Waals surface area (Å²) in [5.41, 5.74) is 1.22. The summed E-state index contributed by atoms with van der Waals surface area (Å²) in [5, 5.41) is 7.21. The molecular weight excluding hydrogens is 230 g/mol. The van der Waals surface area contributed by atoms with Crippen LogP contribution in [0.2, 0.25) is 0 Å². The van der Waals surface area contributed by atoms with Crippen LogP contribution >= 0.6 is 12.2 Å². The summed E-state index contributed by atoms with van der Waals surface area (Å²) in [4.78, 5) is 0. The van der Waals surface area contributed by atoms with Gasteiger partial charge in [0.2, 0.25) is 0 Å². The number of benzene rings is 1. The maximum atomic E-state index is 5.29. The van der Waals surface area contributed by atoms with Gasteiger partial charge in [-0.25, -0.2) is 0 Å². The smallest absolute Gasteiger partial charge is 0.195 e. The molecule has 0 aliphatic rings. The van der Waals surface area contributed by atoms with Crippen molar-refractivity contribution < 1.29 is 0 Å². The van der Waals surface area contributed by atoms with Gasteiger partial charge in [0.1, 0.15) is 5.82 Å². The molecule has 0 radical (unpaired) electrons. The molecule has 0 spiro atoms. The third kappa shape index (κ3) is 2.64. The Morgan fingerprint density at radius 2 is 1.88 bits per heavy atom. The van der Waals surface area contributed by atoms with Gasteiger partial charge in [0.15, 0.2) is 4.77 Å². The van der Waals surface area contributed by atoms with E-state index < -0.39 is 0 Å². The van der Waals surface area contributed by atoms with Gasteiger partial charge in [-0.2, -0.15) is 5.10 Å². The summed E-state index contributed by atoms with van der Waals surface area (Å²) in [7, 11) is 0. The highest BCUT2D eigenvalue weighted by molar-refractivity contribution is 7.71. The molecule has 0 aliphatic carbocycles. The maximum absolute atomic E-state index is 5.29. The Morgan fingerprint density at radius 3 is 2.47 bits per heavy atom. The molecule has 4 heteroatoms. The summed E-state index contributed by atoms with van der Waals surface area (Å²) < 4.78 is 2.74. The van der Waals surface area contributed by atoms with Crippen molar-refractivity contribution in [2.45, 2.75) is 32.7 Å². The standard InChI is InChI=1S/C13H17N3S/c1-13(2,3)11-14-15-12(17)16(11)9-10-7-5-4-6-8-10/h4-8H,9H2,1-3H3,(H,15,17). The molecule has 0 unspecified atom stereocenters. The van der Waals surface area contributed by atoms with Crippen LogP contribution in [-0.2, 0) is 12.0 Å². The predicted octanol–water partition coefficient (Wildman–Crippen LogP) is 3.29. The van der Waals surface area contributed by atoms with Gasteiger partial charge in [-0.15, -0.1) is 0 Å². The van der Waals surface area contributed by atoms with Crippen molar-refractivity contribution in [3.8, 4) is 0 Å². The molecule has 0 saturated heterocycles. The molecule has 1 N–H and O–H groups in total. The average molecular weight is 247 g/mol. The maximum Gasteiger partial charge on any atom is 0.195 e. The van der Waals surface area contributed by atoms with Gasteiger partial charge in [0, 0.05) is 5.41 Å². The molecule has 0 saturated carbocycles. The second-order valence-electron chi connectivity index (χ2n) is 5.17. The highest BCUT2D eigenvalue weighted by atomic mass is 32.1. The van der Waals surface area contributed by atoms with Gasteiger partial charge in [-0.3, -0.25) is 9.67 Å². The zero-order chi connectivity index (χ0) is 12.5. The zero-order valence-electron chi connectivity index (χ0n) is 10.4. The quantitative estimate of drug-likeness (QED) is 0.826. The van der Waals surface area contributed by atoms with Crippen LogP contribution in [0.25, 0.3) is 0 Å². The van der Waals surface area contributed by atoms with Crippen LogP contribution < -0.4 is 0 Å². The molecule has 3 nitrogen and oxygen atoms in total. The van der Waals surface area contributed by atoms with Crippen molar-refractivity contribution in [1.29, 1.82) is 0 Å². The zero-order valence-corrected chi connectivity index (χ0v) is 11.2. The van der Waals surface area contributed by atoms with Crippen molar-refractivity contribution in [1.82, 2.24) is 14.8 Å². The van der Waals surface area contributed by atoms with E-state index >= 15 is 0 Å². The van der Waals surface area contributed by atoms with Gasteiger partial charge < -0.3 is 0 Å². The number of aromatic nitrogens is 3. The van der Waals surface area contributed by atoms with Crippen molar-refractivity contribution in [3.05, 3.63) is 46.5 Å².